The number of nitrogens with zero attached hydrogens (tertiary/aromatic N) is 2. The molecule has 0 radical (unpaired) electrons. The van der Waals surface area contributed by atoms with Crippen LogP contribution in [-0.2, 0) is 0 Å². The van der Waals surface area contributed by atoms with Crippen molar-refractivity contribution >= 4 is 35.7 Å². The molecule has 1 aliphatic rings. The van der Waals surface area contributed by atoms with E-state index in [9.17, 15) is 0 Å². The highest BCUT2D eigenvalue weighted by atomic mass is 127. The SMILES string of the molecule is CN1C=CC(/C=C/c2ccc(N(C)C)cc2)=CC1.I. The highest BCUT2D eigenvalue weighted by Crippen LogP contribution is 2.15. The maximum Gasteiger partial charge on any atom is 0.0361 e. The Morgan fingerprint density at radius 2 is 1.79 bits per heavy atom. The Morgan fingerprint density at radius 3 is 2.32 bits per heavy atom. The van der Waals surface area contributed by atoms with Gasteiger partial charge in [-0.05, 0) is 35.5 Å². The van der Waals surface area contributed by atoms with Crippen LogP contribution in [0, 0.1) is 0 Å². The lowest BCUT2D eigenvalue weighted by Gasteiger charge is -2.15. The second kappa shape index (κ2) is 7.38. The fraction of sp³-hybridized carbons (Fsp3) is 0.250. The Bertz CT molecular complexity index is 484. The molecule has 0 fully saturated rings. The van der Waals surface area contributed by atoms with Crippen LogP contribution >= 0.6 is 24.0 Å². The van der Waals surface area contributed by atoms with E-state index in [1.54, 1.807) is 0 Å². The number of benzene rings is 1. The van der Waals surface area contributed by atoms with Gasteiger partial charge in [-0.2, -0.15) is 0 Å². The van der Waals surface area contributed by atoms with Gasteiger partial charge in [0.15, 0.2) is 0 Å². The summed E-state index contributed by atoms with van der Waals surface area (Å²) in [6.07, 6.45) is 10.8. The van der Waals surface area contributed by atoms with Crippen LogP contribution in [0.3, 0.4) is 0 Å². The maximum atomic E-state index is 2.23. The number of anilines is 1. The molecule has 0 aliphatic carbocycles. The van der Waals surface area contributed by atoms with Gasteiger partial charge < -0.3 is 9.80 Å². The van der Waals surface area contributed by atoms with E-state index in [1.165, 1.54) is 16.8 Å². The van der Waals surface area contributed by atoms with E-state index < -0.39 is 0 Å². The van der Waals surface area contributed by atoms with Crippen LogP contribution < -0.4 is 4.90 Å². The van der Waals surface area contributed by atoms with Crippen LogP contribution in [0.1, 0.15) is 5.56 Å². The average molecular weight is 368 g/mol. The van der Waals surface area contributed by atoms with Crippen molar-refractivity contribution in [1.29, 1.82) is 0 Å². The fourth-order valence-corrected chi connectivity index (χ4v) is 1.79. The molecule has 1 aliphatic heterocycles. The summed E-state index contributed by atoms with van der Waals surface area (Å²) in [4.78, 5) is 4.26. The molecule has 0 saturated carbocycles. The summed E-state index contributed by atoms with van der Waals surface area (Å²) in [6.45, 7) is 0.982. The molecule has 1 heterocycles. The zero-order valence-electron chi connectivity index (χ0n) is 11.7. The first kappa shape index (κ1) is 15.8. The van der Waals surface area contributed by atoms with Crippen LogP contribution in [0.25, 0.3) is 6.08 Å². The van der Waals surface area contributed by atoms with Crippen molar-refractivity contribution in [3.05, 3.63) is 59.8 Å². The second-order valence-corrected chi connectivity index (χ2v) is 4.78. The molecule has 0 bridgehead atoms. The lowest BCUT2D eigenvalue weighted by atomic mass is 10.1. The summed E-state index contributed by atoms with van der Waals surface area (Å²) in [5.74, 6) is 0. The summed E-state index contributed by atoms with van der Waals surface area (Å²) < 4.78 is 0. The lowest BCUT2D eigenvalue weighted by Crippen LogP contribution is -2.12. The fourth-order valence-electron chi connectivity index (χ4n) is 1.79. The van der Waals surface area contributed by atoms with Crippen molar-refractivity contribution < 1.29 is 0 Å². The van der Waals surface area contributed by atoms with Crippen molar-refractivity contribution in [2.24, 2.45) is 0 Å². The van der Waals surface area contributed by atoms with Crippen LogP contribution in [0.2, 0.25) is 0 Å². The second-order valence-electron chi connectivity index (χ2n) is 4.78. The molecule has 0 N–H and O–H groups in total. The molecule has 2 rings (SSSR count). The van der Waals surface area contributed by atoms with Gasteiger partial charge in [-0.3, -0.25) is 0 Å². The number of hydrogen-bond donors (Lipinski definition) is 0. The topological polar surface area (TPSA) is 6.48 Å². The van der Waals surface area contributed by atoms with Crippen molar-refractivity contribution in [2.75, 3.05) is 32.6 Å². The molecule has 102 valence electrons. The van der Waals surface area contributed by atoms with Gasteiger partial charge in [0.1, 0.15) is 0 Å². The van der Waals surface area contributed by atoms with Crippen LogP contribution in [0.4, 0.5) is 5.69 Å². The van der Waals surface area contributed by atoms with E-state index in [4.69, 9.17) is 0 Å². The molecule has 1 aromatic carbocycles. The number of halogens is 1. The summed E-state index contributed by atoms with van der Waals surface area (Å²) in [7, 11) is 6.19. The molecule has 3 heteroatoms. The van der Waals surface area contributed by atoms with Crippen LogP contribution in [0.15, 0.2) is 54.3 Å². The number of likely N-dealkylation sites (N-methyl/N-ethyl adjacent to an activating group) is 1. The Kier molecular flexibility index (Phi) is 6.15. The Labute approximate surface area is 133 Å². The van der Waals surface area contributed by atoms with Crippen molar-refractivity contribution in [3.8, 4) is 0 Å². The van der Waals surface area contributed by atoms with Crippen molar-refractivity contribution in [3.63, 3.8) is 0 Å². The van der Waals surface area contributed by atoms with E-state index in [1.807, 2.05) is 0 Å². The summed E-state index contributed by atoms with van der Waals surface area (Å²) >= 11 is 0. The maximum absolute atomic E-state index is 2.23. The molecule has 19 heavy (non-hydrogen) atoms. The van der Waals surface area contributed by atoms with Gasteiger partial charge in [0, 0.05) is 33.4 Å². The van der Waals surface area contributed by atoms with Gasteiger partial charge in [-0.1, -0.05) is 30.4 Å². The molecule has 0 amide bonds. The van der Waals surface area contributed by atoms with Crippen molar-refractivity contribution in [2.45, 2.75) is 0 Å². The predicted molar refractivity (Wildman–Crippen MR) is 95.1 cm³/mol. The third kappa shape index (κ3) is 4.74. The first-order valence-electron chi connectivity index (χ1n) is 6.19. The summed E-state index contributed by atoms with van der Waals surface area (Å²) in [5.41, 5.74) is 3.73. The minimum atomic E-state index is 0. The smallest absolute Gasteiger partial charge is 0.0361 e. The van der Waals surface area contributed by atoms with Crippen LogP contribution in [0.5, 0.6) is 0 Å². The van der Waals surface area contributed by atoms with Gasteiger partial charge in [0.2, 0.25) is 0 Å². The molecule has 0 aromatic heterocycles. The van der Waals surface area contributed by atoms with Gasteiger partial charge in [0.05, 0.1) is 0 Å². The first-order chi connectivity index (χ1) is 8.65. The molecule has 0 spiro atoms. The minimum absolute atomic E-state index is 0. The minimum Gasteiger partial charge on any atom is -0.378 e. The summed E-state index contributed by atoms with van der Waals surface area (Å²) in [5, 5.41) is 0. The quantitative estimate of drug-likeness (QED) is 0.750. The van der Waals surface area contributed by atoms with Gasteiger partial charge >= 0.3 is 0 Å². The van der Waals surface area contributed by atoms with Gasteiger partial charge in [-0.15, -0.1) is 24.0 Å². The Morgan fingerprint density at radius 1 is 1.11 bits per heavy atom. The van der Waals surface area contributed by atoms with E-state index in [0.717, 1.165) is 6.54 Å². The molecule has 0 atom stereocenters. The molecule has 2 nitrogen and oxygen atoms in total. The molecular weight excluding hydrogens is 347 g/mol. The normalized spacial score (nSPS) is 14.3. The molecule has 0 saturated heterocycles. The summed E-state index contributed by atoms with van der Waals surface area (Å²) in [6, 6.07) is 8.56. The standard InChI is InChI=1S/C16H20N2.HI/c1-17(2)16-8-6-14(7-9-16)4-5-15-10-12-18(3)13-11-15;/h4-12H,13H2,1-3H3;1H/b5-4+;. The third-order valence-corrected chi connectivity index (χ3v) is 3.01. The Hall–Kier alpha value is -1.23. The van der Waals surface area contributed by atoms with E-state index in [0.29, 0.717) is 0 Å². The number of allylic oxidation sites excluding steroid dienone is 3. The molecule has 1 aromatic rings. The third-order valence-electron chi connectivity index (χ3n) is 3.01. The van der Waals surface area contributed by atoms with E-state index in [-0.39, 0.29) is 24.0 Å². The molecule has 0 unspecified atom stereocenters. The van der Waals surface area contributed by atoms with E-state index >= 15 is 0 Å². The number of rotatable bonds is 3. The highest BCUT2D eigenvalue weighted by Gasteiger charge is 1.97. The Balaban J connectivity index is 0.00000180. The monoisotopic (exact) mass is 368 g/mol. The van der Waals surface area contributed by atoms with Crippen LogP contribution in [-0.4, -0.2) is 32.6 Å². The van der Waals surface area contributed by atoms with Gasteiger partial charge in [0.25, 0.3) is 0 Å². The average Bonchev–Trinajstić information content (AvgIpc) is 2.38. The molecular formula is C16H21IN2. The zero-order valence-corrected chi connectivity index (χ0v) is 14.0. The number of hydrogen-bond acceptors (Lipinski definition) is 2. The lowest BCUT2D eigenvalue weighted by molar-refractivity contribution is 0.503. The van der Waals surface area contributed by atoms with E-state index in [2.05, 4.69) is 85.7 Å². The van der Waals surface area contributed by atoms with Gasteiger partial charge in [-0.25, -0.2) is 0 Å². The highest BCUT2D eigenvalue weighted by molar-refractivity contribution is 14.0. The zero-order chi connectivity index (χ0) is 13.0. The van der Waals surface area contributed by atoms with Crippen molar-refractivity contribution in [1.82, 2.24) is 4.90 Å². The first-order valence-corrected chi connectivity index (χ1v) is 6.19. The predicted octanol–water partition coefficient (Wildman–Crippen LogP) is 3.77. The largest absolute Gasteiger partial charge is 0.378 e.